The number of carbonyl (C=O) groups excluding carboxylic acids is 3. The molecule has 3 aromatic carbocycles. The zero-order chi connectivity index (χ0) is 33.5. The van der Waals surface area contributed by atoms with Crippen molar-refractivity contribution in [1.29, 1.82) is 0 Å². The van der Waals surface area contributed by atoms with E-state index < -0.39 is 11.9 Å². The highest BCUT2D eigenvalue weighted by Crippen LogP contribution is 2.36. The molecular formula is C34H32Cl4N6O5. The van der Waals surface area contributed by atoms with Crippen LogP contribution in [0.25, 0.3) is 10.9 Å². The third-order valence-corrected chi connectivity index (χ3v) is 7.88. The van der Waals surface area contributed by atoms with Crippen LogP contribution in [0.5, 0.6) is 11.5 Å². The van der Waals surface area contributed by atoms with E-state index in [4.69, 9.17) is 32.7 Å². The summed E-state index contributed by atoms with van der Waals surface area (Å²) in [5.74, 6) is 0.395. The molecule has 2 aromatic heterocycles. The first-order valence-corrected chi connectivity index (χ1v) is 15.1. The molecule has 0 saturated carbocycles. The van der Waals surface area contributed by atoms with Crippen LogP contribution in [-0.4, -0.2) is 48.5 Å². The van der Waals surface area contributed by atoms with E-state index in [2.05, 4.69) is 25.9 Å². The highest BCUT2D eigenvalue weighted by Gasteiger charge is 2.20. The number of nitrogens with zero attached hydrogens (tertiary/aromatic N) is 3. The molecule has 0 unspecified atom stereocenters. The number of hydrogen-bond donors (Lipinski definition) is 3. The molecule has 256 valence electrons. The second kappa shape index (κ2) is 17.5. The van der Waals surface area contributed by atoms with Crippen LogP contribution in [0.15, 0.2) is 85.2 Å². The van der Waals surface area contributed by atoms with Gasteiger partial charge in [0.1, 0.15) is 23.6 Å². The molecule has 49 heavy (non-hydrogen) atoms. The monoisotopic (exact) mass is 744 g/mol. The first-order valence-electron chi connectivity index (χ1n) is 14.3. The number of benzene rings is 3. The van der Waals surface area contributed by atoms with Gasteiger partial charge in [0.05, 0.1) is 24.4 Å². The van der Waals surface area contributed by atoms with Crippen molar-refractivity contribution in [3.63, 3.8) is 0 Å². The van der Waals surface area contributed by atoms with Crippen molar-refractivity contribution in [2.45, 2.75) is 13.5 Å². The molecule has 4 amide bonds. The Bertz CT molecular complexity index is 1970. The van der Waals surface area contributed by atoms with Crippen LogP contribution in [0, 0.1) is 6.92 Å². The molecule has 2 heterocycles. The third-order valence-electron chi connectivity index (χ3n) is 7.11. The Balaban J connectivity index is 0.00000325. The number of nitrogens with one attached hydrogen (secondary N) is 3. The van der Waals surface area contributed by atoms with Gasteiger partial charge >= 0.3 is 6.03 Å². The number of pyridine rings is 2. The lowest BCUT2D eigenvalue weighted by Gasteiger charge is -2.21. The van der Waals surface area contributed by atoms with Gasteiger partial charge in [0.25, 0.3) is 5.91 Å². The van der Waals surface area contributed by atoms with Crippen LogP contribution < -0.4 is 30.3 Å². The standard InChI is InChI=1S/C34H30Cl2N6O5.2ClH/c1-20-16-29(46-3)24-8-5-9-28(32(24)39-20)47-19-25-26(35)10-11-27(31(25)36)42(2)30(43)18-38-34(45)41-23-7-4-6-21(17-23)33(44)40-22-12-14-37-15-13-22;;/h4-17H,18-19H2,1-3H3,(H,37,40,44)(H2,38,41,45);2*1H. The largest absolute Gasteiger partial charge is 0.496 e. The van der Waals surface area contributed by atoms with Crippen LogP contribution in [0.3, 0.4) is 0 Å². The molecular weight excluding hydrogens is 714 g/mol. The molecule has 5 rings (SSSR count). The molecule has 0 aliphatic rings. The number of likely N-dealkylation sites (N-methyl/N-ethyl adjacent to an activating group) is 1. The number of amides is 4. The number of rotatable bonds is 10. The van der Waals surface area contributed by atoms with E-state index in [9.17, 15) is 14.4 Å². The van der Waals surface area contributed by atoms with Gasteiger partial charge in [-0.25, -0.2) is 9.78 Å². The van der Waals surface area contributed by atoms with E-state index in [1.807, 2.05) is 25.1 Å². The summed E-state index contributed by atoms with van der Waals surface area (Å²) < 4.78 is 11.6. The molecule has 0 saturated heterocycles. The maximum atomic E-state index is 13.1. The zero-order valence-corrected chi connectivity index (χ0v) is 29.6. The van der Waals surface area contributed by atoms with Gasteiger partial charge in [0.2, 0.25) is 5.91 Å². The minimum Gasteiger partial charge on any atom is -0.496 e. The quantitative estimate of drug-likeness (QED) is 0.133. The molecule has 0 bridgehead atoms. The number of anilines is 3. The second-order valence-electron chi connectivity index (χ2n) is 10.3. The first-order chi connectivity index (χ1) is 22.6. The highest BCUT2D eigenvalue weighted by molar-refractivity contribution is 6.38. The predicted octanol–water partition coefficient (Wildman–Crippen LogP) is 7.71. The van der Waals surface area contributed by atoms with Crippen molar-refractivity contribution in [2.75, 3.05) is 36.2 Å². The van der Waals surface area contributed by atoms with Gasteiger partial charge in [-0.05, 0) is 61.5 Å². The van der Waals surface area contributed by atoms with E-state index in [1.165, 1.54) is 18.0 Å². The Hall–Kier alpha value is -4.81. The number of para-hydroxylation sites is 1. The molecule has 0 radical (unpaired) electrons. The summed E-state index contributed by atoms with van der Waals surface area (Å²) in [6.07, 6.45) is 3.13. The maximum Gasteiger partial charge on any atom is 0.319 e. The number of halogens is 4. The molecule has 0 fully saturated rings. The van der Waals surface area contributed by atoms with Crippen LogP contribution in [0.2, 0.25) is 10.0 Å². The van der Waals surface area contributed by atoms with Gasteiger partial charge in [-0.1, -0.05) is 35.3 Å². The minimum atomic E-state index is -0.634. The number of aromatic nitrogens is 2. The van der Waals surface area contributed by atoms with Gasteiger partial charge in [-0.3, -0.25) is 14.6 Å². The van der Waals surface area contributed by atoms with E-state index in [-0.39, 0.29) is 48.9 Å². The summed E-state index contributed by atoms with van der Waals surface area (Å²) in [5.41, 5.74) is 3.53. The topological polar surface area (TPSA) is 135 Å². The first kappa shape index (κ1) is 38.6. The normalized spacial score (nSPS) is 10.2. The van der Waals surface area contributed by atoms with E-state index in [0.717, 1.165) is 11.1 Å². The Labute approximate surface area is 305 Å². The van der Waals surface area contributed by atoms with Crippen LogP contribution in [0.4, 0.5) is 21.9 Å². The highest BCUT2D eigenvalue weighted by atomic mass is 35.5. The molecule has 3 N–H and O–H groups in total. The summed E-state index contributed by atoms with van der Waals surface area (Å²) in [6.45, 7) is 1.54. The van der Waals surface area contributed by atoms with Crippen molar-refractivity contribution in [2.24, 2.45) is 0 Å². The number of fused-ring (bicyclic) bond motifs is 1. The Morgan fingerprint density at radius 2 is 1.61 bits per heavy atom. The fraction of sp³-hybridized carbons (Fsp3) is 0.147. The SMILES string of the molecule is COc1cc(C)nc2c(OCc3c(Cl)ccc(N(C)C(=O)CNC(=O)Nc4cccc(C(=O)Nc5ccncc5)c4)c3Cl)cccc12.Cl.Cl. The minimum absolute atomic E-state index is 0. The zero-order valence-electron chi connectivity index (χ0n) is 26.5. The summed E-state index contributed by atoms with van der Waals surface area (Å²) in [6, 6.07) is 19.7. The van der Waals surface area contributed by atoms with Crippen molar-refractivity contribution in [3.8, 4) is 11.5 Å². The second-order valence-corrected chi connectivity index (χ2v) is 11.1. The predicted molar refractivity (Wildman–Crippen MR) is 197 cm³/mol. The van der Waals surface area contributed by atoms with Crippen molar-refractivity contribution in [3.05, 3.63) is 112 Å². The van der Waals surface area contributed by atoms with Crippen molar-refractivity contribution in [1.82, 2.24) is 15.3 Å². The van der Waals surface area contributed by atoms with Gasteiger partial charge < -0.3 is 30.3 Å². The van der Waals surface area contributed by atoms with E-state index in [0.29, 0.717) is 50.2 Å². The van der Waals surface area contributed by atoms with Gasteiger partial charge in [-0.15, -0.1) is 24.8 Å². The average Bonchev–Trinajstić information content (AvgIpc) is 3.07. The molecule has 0 aliphatic heterocycles. The molecule has 11 nitrogen and oxygen atoms in total. The molecule has 0 spiro atoms. The number of hydrogen-bond acceptors (Lipinski definition) is 7. The number of ether oxygens (including phenoxy) is 2. The summed E-state index contributed by atoms with van der Waals surface area (Å²) in [4.78, 5) is 48.1. The maximum absolute atomic E-state index is 13.1. The van der Waals surface area contributed by atoms with Gasteiger partial charge in [-0.2, -0.15) is 0 Å². The lowest BCUT2D eigenvalue weighted by Crippen LogP contribution is -2.40. The molecule has 0 aliphatic carbocycles. The fourth-order valence-corrected chi connectivity index (χ4v) is 5.29. The van der Waals surface area contributed by atoms with Crippen molar-refractivity contribution < 1.29 is 23.9 Å². The number of methoxy groups -OCH3 is 1. The summed E-state index contributed by atoms with van der Waals surface area (Å²) >= 11 is 13.2. The number of carbonyl (C=O) groups is 3. The lowest BCUT2D eigenvalue weighted by molar-refractivity contribution is -0.117. The van der Waals surface area contributed by atoms with Gasteiger partial charge in [0, 0.05) is 64.1 Å². The van der Waals surface area contributed by atoms with E-state index >= 15 is 0 Å². The van der Waals surface area contributed by atoms with Crippen LogP contribution in [-0.2, 0) is 11.4 Å². The molecule has 0 atom stereocenters. The smallest absolute Gasteiger partial charge is 0.319 e. The summed E-state index contributed by atoms with van der Waals surface area (Å²) in [7, 11) is 3.13. The van der Waals surface area contributed by atoms with Crippen molar-refractivity contribution >= 4 is 93.8 Å². The molecule has 5 aromatic rings. The summed E-state index contributed by atoms with van der Waals surface area (Å²) in [5, 5.41) is 9.30. The van der Waals surface area contributed by atoms with E-state index in [1.54, 1.807) is 68.0 Å². The van der Waals surface area contributed by atoms with Crippen LogP contribution >= 0.6 is 48.0 Å². The Morgan fingerprint density at radius 3 is 2.35 bits per heavy atom. The molecule has 15 heteroatoms. The third kappa shape index (κ3) is 9.42. The fourth-order valence-electron chi connectivity index (χ4n) is 4.69. The van der Waals surface area contributed by atoms with Gasteiger partial charge in [0.15, 0.2) is 0 Å². The average molecular weight is 746 g/mol. The Morgan fingerprint density at radius 1 is 0.878 bits per heavy atom. The number of urea groups is 1. The Kier molecular flexibility index (Phi) is 13.8. The number of aryl methyl sites for hydroxylation is 1. The van der Waals surface area contributed by atoms with Crippen LogP contribution in [0.1, 0.15) is 21.6 Å². The lowest BCUT2D eigenvalue weighted by atomic mass is 10.1.